The summed E-state index contributed by atoms with van der Waals surface area (Å²) in [6.07, 6.45) is 3.53. The number of halogens is 1. The molecule has 1 aliphatic rings. The van der Waals surface area contributed by atoms with Crippen molar-refractivity contribution >= 4 is 55.0 Å². The number of carbonyl (C=O) groups excluding carboxylic acids is 1. The Kier molecular flexibility index (Phi) is 12.7. The normalized spacial score (nSPS) is 14.3. The first kappa shape index (κ1) is 33.1. The molecule has 1 aromatic heterocycles. The Morgan fingerprint density at radius 3 is 2.29 bits per heavy atom. The molecule has 1 saturated heterocycles. The molecule has 0 atom stereocenters. The van der Waals surface area contributed by atoms with E-state index < -0.39 is 10.0 Å². The third-order valence-electron chi connectivity index (χ3n) is 7.22. The number of aromatic nitrogens is 1. The van der Waals surface area contributed by atoms with Crippen LogP contribution in [0.3, 0.4) is 0 Å². The number of anilines is 1. The molecule has 9 nitrogen and oxygen atoms in total. The number of fused-ring (bicyclic) bond motifs is 1. The first-order valence-corrected chi connectivity index (χ1v) is 16.4. The van der Waals surface area contributed by atoms with Crippen molar-refractivity contribution in [3.63, 3.8) is 0 Å². The molecule has 12 heteroatoms. The third kappa shape index (κ3) is 8.54. The number of carbonyl (C=O) groups is 1. The van der Waals surface area contributed by atoms with Gasteiger partial charge in [0.15, 0.2) is 5.13 Å². The van der Waals surface area contributed by atoms with Crippen molar-refractivity contribution in [3.05, 3.63) is 48.0 Å². The van der Waals surface area contributed by atoms with Crippen molar-refractivity contribution < 1.29 is 17.9 Å². The van der Waals surface area contributed by atoms with Crippen molar-refractivity contribution in [2.45, 2.75) is 44.4 Å². The fraction of sp³-hybridized carbons (Fsp3) is 0.517. The van der Waals surface area contributed by atoms with E-state index in [9.17, 15) is 13.2 Å². The van der Waals surface area contributed by atoms with Crippen molar-refractivity contribution in [1.82, 2.24) is 19.5 Å². The van der Waals surface area contributed by atoms with Crippen LogP contribution in [0.2, 0.25) is 0 Å². The number of benzene rings is 2. The van der Waals surface area contributed by atoms with Gasteiger partial charge in [-0.3, -0.25) is 9.69 Å². The molecule has 4 rings (SSSR count). The molecule has 1 fully saturated rings. The molecule has 0 unspecified atom stereocenters. The topological polar surface area (TPSA) is 95.1 Å². The minimum absolute atomic E-state index is 0. The molecule has 3 aromatic rings. The molecular formula is C29H42ClN5O4S2. The van der Waals surface area contributed by atoms with Crippen LogP contribution in [0.15, 0.2) is 47.4 Å². The summed E-state index contributed by atoms with van der Waals surface area (Å²) >= 11 is 1.68. The fourth-order valence-electron chi connectivity index (χ4n) is 4.70. The van der Waals surface area contributed by atoms with Crippen molar-refractivity contribution in [3.8, 4) is 5.75 Å². The second-order valence-corrected chi connectivity index (χ2v) is 13.0. The van der Waals surface area contributed by atoms with Crippen LogP contribution in [0, 0.1) is 0 Å². The van der Waals surface area contributed by atoms with E-state index in [0.717, 1.165) is 79.5 Å². The standard InChI is InChI=1S/C29H41N5O4S2.ClH/c1-4-6-15-34(16-7-5-2)40(36,37)25-11-8-23(9-12-25)28(35)30-14-17-32-18-20-33(21-19-32)29-31-26-13-10-24(38-3)22-27(26)39-29;/h8-13,22H,4-7,14-21H2,1-3H3,(H,30,35);1H. The minimum Gasteiger partial charge on any atom is -0.497 e. The lowest BCUT2D eigenvalue weighted by molar-refractivity contribution is 0.0947. The predicted octanol–water partition coefficient (Wildman–Crippen LogP) is 4.87. The summed E-state index contributed by atoms with van der Waals surface area (Å²) in [5.41, 5.74) is 1.45. The molecule has 0 aliphatic carbocycles. The Balaban J connectivity index is 0.00000462. The summed E-state index contributed by atoms with van der Waals surface area (Å²) in [5, 5.41) is 4.01. The molecule has 2 aromatic carbocycles. The van der Waals surface area contributed by atoms with Crippen LogP contribution < -0.4 is 15.0 Å². The quantitative estimate of drug-likeness (QED) is 0.274. The lowest BCUT2D eigenvalue weighted by atomic mass is 10.2. The van der Waals surface area contributed by atoms with Crippen molar-refractivity contribution in [2.24, 2.45) is 0 Å². The molecule has 0 bridgehead atoms. The van der Waals surface area contributed by atoms with E-state index in [-0.39, 0.29) is 23.2 Å². The van der Waals surface area contributed by atoms with Crippen LogP contribution in [0.5, 0.6) is 5.75 Å². The van der Waals surface area contributed by atoms with E-state index in [1.807, 2.05) is 18.2 Å². The van der Waals surface area contributed by atoms with Gasteiger partial charge >= 0.3 is 0 Å². The minimum atomic E-state index is -3.57. The van der Waals surface area contributed by atoms with Crippen molar-refractivity contribution in [2.75, 3.05) is 64.4 Å². The van der Waals surface area contributed by atoms with Gasteiger partial charge in [0.2, 0.25) is 10.0 Å². The highest BCUT2D eigenvalue weighted by Crippen LogP contribution is 2.31. The van der Waals surface area contributed by atoms with Crippen LogP contribution in [-0.2, 0) is 10.0 Å². The van der Waals surface area contributed by atoms with Gasteiger partial charge in [0.05, 0.1) is 22.2 Å². The second kappa shape index (κ2) is 15.7. The third-order valence-corrected chi connectivity index (χ3v) is 10.2. The van der Waals surface area contributed by atoms with Crippen LogP contribution in [0.25, 0.3) is 10.2 Å². The van der Waals surface area contributed by atoms with Crippen molar-refractivity contribution in [1.29, 1.82) is 0 Å². The van der Waals surface area contributed by atoms with Gasteiger partial charge in [-0.2, -0.15) is 4.31 Å². The lowest BCUT2D eigenvalue weighted by Gasteiger charge is -2.34. The summed E-state index contributed by atoms with van der Waals surface area (Å²) in [4.78, 5) is 22.4. The molecule has 0 radical (unpaired) electrons. The van der Waals surface area contributed by atoms with E-state index in [4.69, 9.17) is 9.72 Å². The Morgan fingerprint density at radius 2 is 1.68 bits per heavy atom. The van der Waals surface area contributed by atoms with E-state index in [1.165, 1.54) is 0 Å². The molecule has 2 heterocycles. The largest absolute Gasteiger partial charge is 0.497 e. The summed E-state index contributed by atoms with van der Waals surface area (Å²) < 4.78 is 34.4. The van der Waals surface area contributed by atoms with Gasteiger partial charge in [-0.1, -0.05) is 38.0 Å². The molecule has 41 heavy (non-hydrogen) atoms. The average molecular weight is 624 g/mol. The monoisotopic (exact) mass is 623 g/mol. The number of unbranched alkanes of at least 4 members (excludes halogenated alkanes) is 2. The number of thiazole rings is 1. The maximum Gasteiger partial charge on any atom is 0.251 e. The van der Waals surface area contributed by atoms with Crippen LogP contribution >= 0.6 is 23.7 Å². The Hall–Kier alpha value is -2.44. The molecular weight excluding hydrogens is 582 g/mol. The van der Waals surface area contributed by atoms with Gasteiger partial charge in [-0.05, 0) is 55.3 Å². The first-order valence-electron chi connectivity index (χ1n) is 14.2. The fourth-order valence-corrected chi connectivity index (χ4v) is 7.26. The second-order valence-electron chi connectivity index (χ2n) is 10.1. The highest BCUT2D eigenvalue weighted by Gasteiger charge is 2.24. The van der Waals surface area contributed by atoms with E-state index >= 15 is 0 Å². The number of hydrogen-bond acceptors (Lipinski definition) is 8. The Morgan fingerprint density at radius 1 is 1.02 bits per heavy atom. The molecule has 1 N–H and O–H groups in total. The smallest absolute Gasteiger partial charge is 0.251 e. The number of sulfonamides is 1. The summed E-state index contributed by atoms with van der Waals surface area (Å²) in [6.45, 7) is 10.00. The number of ether oxygens (including phenoxy) is 1. The van der Waals surface area contributed by atoms with Crippen LogP contribution in [0.4, 0.5) is 5.13 Å². The number of nitrogens with one attached hydrogen (secondary N) is 1. The van der Waals surface area contributed by atoms with Gasteiger partial charge in [0, 0.05) is 57.9 Å². The number of nitrogens with zero attached hydrogens (tertiary/aromatic N) is 4. The van der Waals surface area contributed by atoms with Crippen LogP contribution in [-0.4, -0.2) is 88.0 Å². The van der Waals surface area contributed by atoms with Gasteiger partial charge in [-0.15, -0.1) is 12.4 Å². The first-order chi connectivity index (χ1) is 19.3. The molecule has 1 amide bonds. The van der Waals surface area contributed by atoms with E-state index in [1.54, 1.807) is 47.0 Å². The number of methoxy groups -OCH3 is 1. The van der Waals surface area contributed by atoms with Gasteiger partial charge in [0.1, 0.15) is 5.75 Å². The summed E-state index contributed by atoms with van der Waals surface area (Å²) in [5.74, 6) is 0.647. The highest BCUT2D eigenvalue weighted by molar-refractivity contribution is 7.89. The maximum atomic E-state index is 13.2. The van der Waals surface area contributed by atoms with E-state index in [2.05, 4.69) is 29.0 Å². The number of amides is 1. The number of piperazine rings is 1. The van der Waals surface area contributed by atoms with E-state index in [0.29, 0.717) is 25.2 Å². The number of hydrogen-bond donors (Lipinski definition) is 1. The zero-order chi connectivity index (χ0) is 28.5. The zero-order valence-corrected chi connectivity index (χ0v) is 26.6. The van der Waals surface area contributed by atoms with Crippen LogP contribution in [0.1, 0.15) is 49.9 Å². The summed E-state index contributed by atoms with van der Waals surface area (Å²) in [6, 6.07) is 12.3. The predicted molar refractivity (Wildman–Crippen MR) is 169 cm³/mol. The Labute approximate surface area is 254 Å². The maximum absolute atomic E-state index is 13.2. The SMILES string of the molecule is CCCCN(CCCC)S(=O)(=O)c1ccc(C(=O)NCCN2CCN(c3nc4ccc(OC)cc4s3)CC2)cc1.Cl. The molecule has 1 aliphatic heterocycles. The van der Waals surface area contributed by atoms with Gasteiger partial charge in [-0.25, -0.2) is 13.4 Å². The molecule has 0 spiro atoms. The molecule has 0 saturated carbocycles. The van der Waals surface area contributed by atoms with Gasteiger partial charge in [0.25, 0.3) is 5.91 Å². The number of rotatable bonds is 14. The highest BCUT2D eigenvalue weighted by atomic mass is 35.5. The summed E-state index contributed by atoms with van der Waals surface area (Å²) in [7, 11) is -1.90. The average Bonchev–Trinajstić information content (AvgIpc) is 3.41. The zero-order valence-electron chi connectivity index (χ0n) is 24.2. The lowest BCUT2D eigenvalue weighted by Crippen LogP contribution is -2.48. The molecule has 226 valence electrons. The van der Waals surface area contributed by atoms with Gasteiger partial charge < -0.3 is 15.0 Å². The Bertz CT molecular complexity index is 1350.